The van der Waals surface area contributed by atoms with Gasteiger partial charge in [0.1, 0.15) is 5.82 Å². The Morgan fingerprint density at radius 2 is 2.00 bits per heavy atom. The first-order chi connectivity index (χ1) is 12.3. The largest absolute Gasteiger partial charge is 0.366 e. The lowest BCUT2D eigenvalue weighted by atomic mass is 9.79. The van der Waals surface area contributed by atoms with Crippen molar-refractivity contribution in [3.8, 4) is 0 Å². The van der Waals surface area contributed by atoms with Gasteiger partial charge in [0, 0.05) is 29.5 Å². The lowest BCUT2D eigenvalue weighted by Crippen LogP contribution is -2.48. The van der Waals surface area contributed by atoms with E-state index in [1.807, 2.05) is 37.3 Å². The molecule has 2 nitrogen and oxygen atoms in total. The van der Waals surface area contributed by atoms with Crippen LogP contribution in [0.3, 0.4) is 0 Å². The molecule has 3 rings (SSSR count). The molecule has 1 aliphatic heterocycles. The van der Waals surface area contributed by atoms with Crippen LogP contribution in [0.4, 0.5) is 15.8 Å². The summed E-state index contributed by atoms with van der Waals surface area (Å²) in [5.41, 5.74) is 4.85. The number of halogens is 1. The number of hydrogen-bond acceptors (Lipinski definition) is 2. The van der Waals surface area contributed by atoms with Gasteiger partial charge in [0.25, 0.3) is 0 Å². The molecule has 0 fully saturated rings. The number of anilines is 1. The van der Waals surface area contributed by atoms with Gasteiger partial charge in [0.2, 0.25) is 0 Å². The van der Waals surface area contributed by atoms with Crippen LogP contribution < -0.4 is 4.90 Å². The fourth-order valence-corrected chi connectivity index (χ4v) is 4.11. The molecule has 1 atom stereocenters. The molecule has 0 amide bonds. The van der Waals surface area contributed by atoms with Crippen molar-refractivity contribution in [2.24, 2.45) is 4.99 Å². The smallest absolute Gasteiger partial charge is 0.134 e. The van der Waals surface area contributed by atoms with Crippen LogP contribution in [-0.2, 0) is 0 Å². The Morgan fingerprint density at radius 3 is 2.69 bits per heavy atom. The molecule has 0 spiro atoms. The number of hydrogen-bond donors (Lipinski definition) is 0. The highest BCUT2D eigenvalue weighted by Gasteiger charge is 2.36. The van der Waals surface area contributed by atoms with E-state index in [-0.39, 0.29) is 11.4 Å². The third kappa shape index (κ3) is 3.53. The summed E-state index contributed by atoms with van der Waals surface area (Å²) in [5, 5.41) is 0. The summed E-state index contributed by atoms with van der Waals surface area (Å²) in [6.07, 6.45) is 3.78. The van der Waals surface area contributed by atoms with Gasteiger partial charge in [-0.2, -0.15) is 0 Å². The minimum absolute atomic E-state index is 0.0472. The summed E-state index contributed by atoms with van der Waals surface area (Å²) in [6, 6.07) is 11.6. The normalized spacial score (nSPS) is 19.0. The lowest BCUT2D eigenvalue weighted by Gasteiger charge is -2.47. The molecule has 1 heterocycles. The second-order valence-corrected chi connectivity index (χ2v) is 8.05. The average molecular weight is 352 g/mol. The molecule has 1 aliphatic rings. The molecule has 2 aromatic carbocycles. The van der Waals surface area contributed by atoms with Crippen molar-refractivity contribution in [3.05, 3.63) is 58.9 Å². The van der Waals surface area contributed by atoms with Crippen molar-refractivity contribution in [2.45, 2.75) is 58.9 Å². The van der Waals surface area contributed by atoms with Crippen molar-refractivity contribution in [2.75, 3.05) is 11.4 Å². The number of rotatable bonds is 4. The van der Waals surface area contributed by atoms with Crippen molar-refractivity contribution in [3.63, 3.8) is 0 Å². The van der Waals surface area contributed by atoms with E-state index >= 15 is 0 Å². The van der Waals surface area contributed by atoms with E-state index < -0.39 is 0 Å². The summed E-state index contributed by atoms with van der Waals surface area (Å²) in [4.78, 5) is 6.88. The van der Waals surface area contributed by atoms with Crippen LogP contribution >= 0.6 is 0 Å². The van der Waals surface area contributed by atoms with Crippen LogP contribution in [0.2, 0.25) is 0 Å². The SMILES string of the molecule is CCCN1c2cc(F)c(C=Nc3ccccc3C)cc2C(C)CC1(C)C. The average Bonchev–Trinajstić information content (AvgIpc) is 2.58. The van der Waals surface area contributed by atoms with Crippen molar-refractivity contribution >= 4 is 17.6 Å². The topological polar surface area (TPSA) is 15.6 Å². The Hall–Kier alpha value is -2.16. The molecule has 0 radical (unpaired) electrons. The maximum atomic E-state index is 14.9. The molecule has 26 heavy (non-hydrogen) atoms. The second-order valence-electron chi connectivity index (χ2n) is 8.05. The van der Waals surface area contributed by atoms with Gasteiger partial charge in [0.15, 0.2) is 0 Å². The first-order valence-electron chi connectivity index (χ1n) is 9.54. The van der Waals surface area contributed by atoms with Gasteiger partial charge in [-0.15, -0.1) is 0 Å². The van der Waals surface area contributed by atoms with Crippen molar-refractivity contribution in [1.29, 1.82) is 0 Å². The van der Waals surface area contributed by atoms with Gasteiger partial charge in [-0.1, -0.05) is 32.0 Å². The molecular weight excluding hydrogens is 323 g/mol. The summed E-state index contributed by atoms with van der Waals surface area (Å²) in [5.74, 6) is 0.200. The van der Waals surface area contributed by atoms with Gasteiger partial charge < -0.3 is 4.90 Å². The van der Waals surface area contributed by atoms with Crippen LogP contribution in [0, 0.1) is 12.7 Å². The highest BCUT2D eigenvalue weighted by atomic mass is 19.1. The number of fused-ring (bicyclic) bond motifs is 1. The molecule has 0 aromatic heterocycles. The first-order valence-corrected chi connectivity index (χ1v) is 9.54. The zero-order valence-electron chi connectivity index (χ0n) is 16.5. The third-order valence-electron chi connectivity index (χ3n) is 5.41. The number of aryl methyl sites for hydroxylation is 1. The van der Waals surface area contributed by atoms with Crippen LogP contribution in [0.5, 0.6) is 0 Å². The predicted octanol–water partition coefficient (Wildman–Crippen LogP) is 6.39. The molecule has 0 saturated carbocycles. The molecule has 138 valence electrons. The zero-order valence-corrected chi connectivity index (χ0v) is 16.5. The summed E-state index contributed by atoms with van der Waals surface area (Å²) < 4.78 is 14.9. The van der Waals surface area contributed by atoms with Crippen LogP contribution in [0.1, 0.15) is 63.1 Å². The number of nitrogens with zero attached hydrogens (tertiary/aromatic N) is 2. The standard InChI is InChI=1S/C23H29FN2/c1-6-11-26-22-13-20(24)18(12-19(22)17(3)14-23(26,4)5)15-25-21-10-8-7-9-16(21)2/h7-10,12-13,15,17H,6,11,14H2,1-5H3. The minimum atomic E-state index is -0.202. The molecule has 0 N–H and O–H groups in total. The van der Waals surface area contributed by atoms with Gasteiger partial charge >= 0.3 is 0 Å². The minimum Gasteiger partial charge on any atom is -0.366 e. The first kappa shape index (κ1) is 18.6. The van der Waals surface area contributed by atoms with Gasteiger partial charge in [-0.25, -0.2) is 4.39 Å². The number of benzene rings is 2. The molecule has 0 bridgehead atoms. The molecule has 1 unspecified atom stereocenters. The fourth-order valence-electron chi connectivity index (χ4n) is 4.11. The Balaban J connectivity index is 2.02. The van der Waals surface area contributed by atoms with E-state index in [1.165, 1.54) is 5.56 Å². The molecular formula is C23H29FN2. The molecule has 2 aromatic rings. The molecule has 0 saturated heterocycles. The van der Waals surface area contributed by atoms with E-state index in [0.717, 1.165) is 36.3 Å². The maximum Gasteiger partial charge on any atom is 0.134 e. The lowest BCUT2D eigenvalue weighted by molar-refractivity contribution is 0.375. The number of aliphatic imine (C=N–C) groups is 1. The van der Waals surface area contributed by atoms with E-state index in [4.69, 9.17) is 0 Å². The highest BCUT2D eigenvalue weighted by molar-refractivity contribution is 5.84. The van der Waals surface area contributed by atoms with Crippen LogP contribution in [-0.4, -0.2) is 18.3 Å². The Kier molecular flexibility index (Phi) is 5.17. The monoisotopic (exact) mass is 352 g/mol. The van der Waals surface area contributed by atoms with E-state index in [0.29, 0.717) is 11.5 Å². The highest BCUT2D eigenvalue weighted by Crippen LogP contribution is 2.44. The Labute approximate surface area is 156 Å². The van der Waals surface area contributed by atoms with Gasteiger partial charge in [-0.3, -0.25) is 4.99 Å². The van der Waals surface area contributed by atoms with Gasteiger partial charge in [0.05, 0.1) is 5.69 Å². The van der Waals surface area contributed by atoms with E-state index in [2.05, 4.69) is 37.6 Å². The predicted molar refractivity (Wildman–Crippen MR) is 110 cm³/mol. The zero-order chi connectivity index (χ0) is 18.9. The van der Waals surface area contributed by atoms with Crippen LogP contribution in [0.15, 0.2) is 41.4 Å². The van der Waals surface area contributed by atoms with Gasteiger partial charge in [-0.05, 0) is 68.9 Å². The maximum absolute atomic E-state index is 14.9. The fraction of sp³-hybridized carbons (Fsp3) is 0.435. The van der Waals surface area contributed by atoms with Crippen molar-refractivity contribution in [1.82, 2.24) is 0 Å². The third-order valence-corrected chi connectivity index (χ3v) is 5.41. The summed E-state index contributed by atoms with van der Waals surface area (Å²) in [7, 11) is 0. The quantitative estimate of drug-likeness (QED) is 0.582. The Morgan fingerprint density at radius 1 is 1.27 bits per heavy atom. The number of para-hydroxylation sites is 1. The summed E-state index contributed by atoms with van der Waals surface area (Å²) in [6.45, 7) is 11.9. The van der Waals surface area contributed by atoms with Crippen LogP contribution in [0.25, 0.3) is 0 Å². The molecule has 0 aliphatic carbocycles. The van der Waals surface area contributed by atoms with E-state index in [9.17, 15) is 4.39 Å². The molecule has 3 heteroatoms. The second kappa shape index (κ2) is 7.22. The summed E-state index contributed by atoms with van der Waals surface area (Å²) >= 11 is 0. The van der Waals surface area contributed by atoms with E-state index in [1.54, 1.807) is 12.3 Å². The van der Waals surface area contributed by atoms with Crippen molar-refractivity contribution < 1.29 is 4.39 Å². The Bertz CT molecular complexity index is 823.